The van der Waals surface area contributed by atoms with Crippen LogP contribution in [0, 0.1) is 5.92 Å². The minimum atomic E-state index is -0.952. The standard InChI is InChI=1S/C29H25NO4/c31-28(32)21(16-20-10-7-9-19-8-1-2-11-22(19)20)17-30-29(33)34-18-27-25-14-5-3-12-23(25)24-13-4-6-15-26(24)27/h1-15,21,27H,16-18H2,(H,30,33)(H,31,32). The Morgan fingerprint density at radius 3 is 2.15 bits per heavy atom. The molecule has 1 atom stereocenters. The summed E-state index contributed by atoms with van der Waals surface area (Å²) in [4.78, 5) is 24.4. The fourth-order valence-corrected chi connectivity index (χ4v) is 4.84. The van der Waals surface area contributed by atoms with Crippen LogP contribution in [0.5, 0.6) is 0 Å². The molecule has 1 aliphatic rings. The second kappa shape index (κ2) is 9.40. The van der Waals surface area contributed by atoms with E-state index in [1.807, 2.05) is 66.7 Å². The molecule has 0 fully saturated rings. The molecule has 0 radical (unpaired) electrons. The molecule has 1 amide bonds. The van der Waals surface area contributed by atoms with E-state index >= 15 is 0 Å². The Balaban J connectivity index is 1.23. The lowest BCUT2D eigenvalue weighted by Crippen LogP contribution is -2.35. The Kier molecular flexibility index (Phi) is 6.00. The van der Waals surface area contributed by atoms with E-state index in [0.29, 0.717) is 6.42 Å². The maximum Gasteiger partial charge on any atom is 0.407 e. The van der Waals surface area contributed by atoms with E-state index in [9.17, 15) is 14.7 Å². The van der Waals surface area contributed by atoms with Crippen LogP contribution in [-0.2, 0) is 16.0 Å². The third kappa shape index (κ3) is 4.25. The van der Waals surface area contributed by atoms with Gasteiger partial charge in [-0.05, 0) is 45.0 Å². The summed E-state index contributed by atoms with van der Waals surface area (Å²) in [5, 5.41) is 14.5. The van der Waals surface area contributed by atoms with Crippen LogP contribution in [0.1, 0.15) is 22.6 Å². The normalized spacial score (nSPS) is 13.2. The van der Waals surface area contributed by atoms with Gasteiger partial charge in [0, 0.05) is 12.5 Å². The number of carbonyl (C=O) groups is 2. The van der Waals surface area contributed by atoms with Crippen molar-refractivity contribution >= 4 is 22.8 Å². The van der Waals surface area contributed by atoms with Crippen LogP contribution in [0.25, 0.3) is 21.9 Å². The number of nitrogens with one attached hydrogen (secondary N) is 1. The summed E-state index contributed by atoms with van der Waals surface area (Å²) in [5.41, 5.74) is 5.54. The molecule has 0 spiro atoms. The molecule has 5 heteroatoms. The fraction of sp³-hybridized carbons (Fsp3) is 0.172. The van der Waals surface area contributed by atoms with Gasteiger partial charge in [-0.2, -0.15) is 0 Å². The summed E-state index contributed by atoms with van der Waals surface area (Å²) < 4.78 is 5.55. The number of fused-ring (bicyclic) bond motifs is 4. The van der Waals surface area contributed by atoms with Crippen molar-refractivity contribution in [2.75, 3.05) is 13.2 Å². The van der Waals surface area contributed by atoms with E-state index in [1.54, 1.807) is 0 Å². The average molecular weight is 452 g/mol. The number of carboxylic acid groups (broad SMARTS) is 1. The second-order valence-electron chi connectivity index (χ2n) is 8.58. The number of hydrogen-bond acceptors (Lipinski definition) is 3. The van der Waals surface area contributed by atoms with Crippen LogP contribution in [-0.4, -0.2) is 30.3 Å². The lowest BCUT2D eigenvalue weighted by molar-refractivity contribution is -0.141. The summed E-state index contributed by atoms with van der Waals surface area (Å²) in [7, 11) is 0. The van der Waals surface area contributed by atoms with Crippen LogP contribution >= 0.6 is 0 Å². The molecule has 4 aromatic carbocycles. The monoisotopic (exact) mass is 451 g/mol. The van der Waals surface area contributed by atoms with Gasteiger partial charge < -0.3 is 15.2 Å². The molecular weight excluding hydrogens is 426 g/mol. The van der Waals surface area contributed by atoms with Crippen molar-refractivity contribution in [3.8, 4) is 11.1 Å². The molecular formula is C29H25NO4. The zero-order valence-corrected chi connectivity index (χ0v) is 18.6. The van der Waals surface area contributed by atoms with Gasteiger partial charge in [0.15, 0.2) is 0 Å². The van der Waals surface area contributed by atoms with Crippen molar-refractivity contribution in [3.63, 3.8) is 0 Å². The molecule has 1 unspecified atom stereocenters. The topological polar surface area (TPSA) is 75.6 Å². The van der Waals surface area contributed by atoms with Crippen molar-refractivity contribution in [2.45, 2.75) is 12.3 Å². The van der Waals surface area contributed by atoms with E-state index in [2.05, 4.69) is 29.6 Å². The highest BCUT2D eigenvalue weighted by Gasteiger charge is 2.29. The van der Waals surface area contributed by atoms with Crippen LogP contribution in [0.3, 0.4) is 0 Å². The maximum atomic E-state index is 12.5. The Bertz CT molecular complexity index is 1310. The van der Waals surface area contributed by atoms with Crippen molar-refractivity contribution in [1.82, 2.24) is 5.32 Å². The minimum Gasteiger partial charge on any atom is -0.481 e. The Hall–Kier alpha value is -4.12. The van der Waals surface area contributed by atoms with Crippen molar-refractivity contribution < 1.29 is 19.4 Å². The number of alkyl carbamates (subject to hydrolysis) is 1. The molecule has 0 saturated carbocycles. The third-order valence-electron chi connectivity index (χ3n) is 6.53. The van der Waals surface area contributed by atoms with E-state index in [0.717, 1.165) is 38.6 Å². The molecule has 0 heterocycles. The van der Waals surface area contributed by atoms with Gasteiger partial charge in [-0.15, -0.1) is 0 Å². The lowest BCUT2D eigenvalue weighted by Gasteiger charge is -2.17. The Labute approximate surface area is 198 Å². The van der Waals surface area contributed by atoms with Crippen molar-refractivity contribution in [1.29, 1.82) is 0 Å². The number of aliphatic carboxylic acids is 1. The number of ether oxygens (including phenoxy) is 1. The summed E-state index contributed by atoms with van der Waals surface area (Å²) in [6, 6.07) is 30.0. The van der Waals surface area contributed by atoms with Crippen molar-refractivity contribution in [3.05, 3.63) is 108 Å². The smallest absolute Gasteiger partial charge is 0.407 e. The van der Waals surface area contributed by atoms with E-state index < -0.39 is 18.0 Å². The van der Waals surface area contributed by atoms with Gasteiger partial charge in [0.25, 0.3) is 0 Å². The zero-order chi connectivity index (χ0) is 23.5. The summed E-state index contributed by atoms with van der Waals surface area (Å²) in [5.74, 6) is -1.75. The first kappa shape index (κ1) is 21.7. The molecule has 0 aromatic heterocycles. The Morgan fingerprint density at radius 1 is 0.824 bits per heavy atom. The van der Waals surface area contributed by atoms with Crippen LogP contribution < -0.4 is 5.32 Å². The highest BCUT2D eigenvalue weighted by molar-refractivity contribution is 5.86. The van der Waals surface area contributed by atoms with E-state index in [4.69, 9.17) is 4.74 Å². The maximum absolute atomic E-state index is 12.5. The first-order chi connectivity index (χ1) is 16.6. The predicted molar refractivity (Wildman–Crippen MR) is 132 cm³/mol. The minimum absolute atomic E-state index is 0.00473. The van der Waals surface area contributed by atoms with Gasteiger partial charge in [0.05, 0.1) is 5.92 Å². The van der Waals surface area contributed by atoms with Gasteiger partial charge in [0.2, 0.25) is 0 Å². The Morgan fingerprint density at radius 2 is 1.44 bits per heavy atom. The second-order valence-corrected chi connectivity index (χ2v) is 8.58. The molecule has 0 saturated heterocycles. The van der Waals surface area contributed by atoms with Gasteiger partial charge in [0.1, 0.15) is 6.61 Å². The number of rotatable bonds is 7. The lowest BCUT2D eigenvalue weighted by atomic mass is 9.95. The molecule has 1 aliphatic carbocycles. The van der Waals surface area contributed by atoms with Crippen LogP contribution in [0.2, 0.25) is 0 Å². The van der Waals surface area contributed by atoms with E-state index in [1.165, 1.54) is 0 Å². The molecule has 4 aromatic rings. The highest BCUT2D eigenvalue weighted by Crippen LogP contribution is 2.44. The fourth-order valence-electron chi connectivity index (χ4n) is 4.84. The molecule has 170 valence electrons. The van der Waals surface area contributed by atoms with Crippen molar-refractivity contribution in [2.24, 2.45) is 5.92 Å². The number of carboxylic acids is 1. The largest absolute Gasteiger partial charge is 0.481 e. The number of amides is 1. The molecule has 0 aliphatic heterocycles. The first-order valence-electron chi connectivity index (χ1n) is 11.4. The first-order valence-corrected chi connectivity index (χ1v) is 11.4. The highest BCUT2D eigenvalue weighted by atomic mass is 16.5. The van der Waals surface area contributed by atoms with Crippen LogP contribution in [0.15, 0.2) is 91.0 Å². The zero-order valence-electron chi connectivity index (χ0n) is 18.6. The molecule has 5 nitrogen and oxygen atoms in total. The van der Waals surface area contributed by atoms with E-state index in [-0.39, 0.29) is 19.1 Å². The van der Waals surface area contributed by atoms with Gasteiger partial charge in [-0.1, -0.05) is 91.0 Å². The summed E-state index contributed by atoms with van der Waals surface area (Å²) in [6.07, 6.45) is -0.286. The quantitative estimate of drug-likeness (QED) is 0.382. The predicted octanol–water partition coefficient (Wildman–Crippen LogP) is 5.62. The number of benzene rings is 4. The van der Waals surface area contributed by atoms with Gasteiger partial charge >= 0.3 is 12.1 Å². The van der Waals surface area contributed by atoms with Crippen LogP contribution in [0.4, 0.5) is 4.79 Å². The third-order valence-corrected chi connectivity index (χ3v) is 6.53. The van der Waals surface area contributed by atoms with Gasteiger partial charge in [-0.3, -0.25) is 4.79 Å². The summed E-state index contributed by atoms with van der Waals surface area (Å²) in [6.45, 7) is 0.191. The molecule has 0 bridgehead atoms. The number of carbonyl (C=O) groups excluding carboxylic acids is 1. The van der Waals surface area contributed by atoms with Gasteiger partial charge in [-0.25, -0.2) is 4.79 Å². The average Bonchev–Trinajstić information content (AvgIpc) is 3.19. The molecule has 2 N–H and O–H groups in total. The molecule has 34 heavy (non-hydrogen) atoms. The number of hydrogen-bond donors (Lipinski definition) is 2. The SMILES string of the molecule is O=C(NCC(Cc1cccc2ccccc12)C(=O)O)OCC1c2ccccc2-c2ccccc21. The summed E-state index contributed by atoms with van der Waals surface area (Å²) >= 11 is 0. The molecule has 5 rings (SSSR count).